The SMILES string of the molecule is COc1ccc(S(=O)(=O)NCC2CCCNC2)cc1.Cl. The van der Waals surface area contributed by atoms with Crippen molar-refractivity contribution in [3.63, 3.8) is 0 Å². The Labute approximate surface area is 126 Å². The third kappa shape index (κ3) is 4.63. The number of sulfonamides is 1. The number of nitrogens with one attached hydrogen (secondary N) is 2. The zero-order valence-electron chi connectivity index (χ0n) is 11.5. The summed E-state index contributed by atoms with van der Waals surface area (Å²) in [6, 6.07) is 6.41. The van der Waals surface area contributed by atoms with Crippen molar-refractivity contribution in [2.75, 3.05) is 26.7 Å². The topological polar surface area (TPSA) is 67.4 Å². The molecule has 1 aliphatic rings. The molecule has 0 aromatic heterocycles. The summed E-state index contributed by atoms with van der Waals surface area (Å²) in [7, 11) is -1.86. The smallest absolute Gasteiger partial charge is 0.240 e. The van der Waals surface area contributed by atoms with E-state index >= 15 is 0 Å². The lowest BCUT2D eigenvalue weighted by molar-refractivity contribution is 0.376. The van der Waals surface area contributed by atoms with Crippen LogP contribution in [0.5, 0.6) is 5.75 Å². The molecule has 0 saturated carbocycles. The fourth-order valence-corrected chi connectivity index (χ4v) is 3.28. The van der Waals surface area contributed by atoms with E-state index in [1.807, 2.05) is 0 Å². The van der Waals surface area contributed by atoms with Gasteiger partial charge in [0.25, 0.3) is 0 Å². The molecule has 0 radical (unpaired) electrons. The highest BCUT2D eigenvalue weighted by Gasteiger charge is 2.18. The Kier molecular flexibility index (Phi) is 6.75. The van der Waals surface area contributed by atoms with Crippen LogP contribution >= 0.6 is 12.4 Å². The van der Waals surface area contributed by atoms with E-state index in [0.29, 0.717) is 18.2 Å². The largest absolute Gasteiger partial charge is 0.497 e. The number of methoxy groups -OCH3 is 1. The summed E-state index contributed by atoms with van der Waals surface area (Å²) in [5.74, 6) is 1.03. The van der Waals surface area contributed by atoms with Gasteiger partial charge in [0.1, 0.15) is 5.75 Å². The molecule has 114 valence electrons. The van der Waals surface area contributed by atoms with Crippen molar-refractivity contribution >= 4 is 22.4 Å². The zero-order chi connectivity index (χ0) is 13.7. The lowest BCUT2D eigenvalue weighted by atomic mass is 10.0. The quantitative estimate of drug-likeness (QED) is 0.860. The molecule has 0 bridgehead atoms. The molecule has 7 heteroatoms. The van der Waals surface area contributed by atoms with Gasteiger partial charge in [-0.25, -0.2) is 13.1 Å². The van der Waals surface area contributed by atoms with Crippen LogP contribution in [0.25, 0.3) is 0 Å². The van der Waals surface area contributed by atoms with Gasteiger partial charge in [-0.1, -0.05) is 0 Å². The Balaban J connectivity index is 0.00000200. The van der Waals surface area contributed by atoms with E-state index in [9.17, 15) is 8.42 Å². The molecule has 0 aliphatic carbocycles. The first-order valence-corrected chi connectivity index (χ1v) is 7.94. The van der Waals surface area contributed by atoms with Crippen molar-refractivity contribution in [3.8, 4) is 5.75 Å². The summed E-state index contributed by atoms with van der Waals surface area (Å²) >= 11 is 0. The average Bonchev–Trinajstić information content (AvgIpc) is 2.46. The Morgan fingerprint density at radius 1 is 1.35 bits per heavy atom. The van der Waals surface area contributed by atoms with Gasteiger partial charge in [0.15, 0.2) is 0 Å². The van der Waals surface area contributed by atoms with Gasteiger partial charge in [0.2, 0.25) is 10.0 Å². The molecular formula is C13H21ClN2O3S. The molecule has 1 atom stereocenters. The molecule has 1 aromatic carbocycles. The van der Waals surface area contributed by atoms with Crippen molar-refractivity contribution in [2.24, 2.45) is 5.92 Å². The van der Waals surface area contributed by atoms with Crippen LogP contribution in [0.15, 0.2) is 29.2 Å². The van der Waals surface area contributed by atoms with Gasteiger partial charge in [0, 0.05) is 6.54 Å². The van der Waals surface area contributed by atoms with Crippen LogP contribution in [-0.2, 0) is 10.0 Å². The van der Waals surface area contributed by atoms with Gasteiger partial charge in [-0.15, -0.1) is 12.4 Å². The van der Waals surface area contributed by atoms with Crippen LogP contribution in [0.3, 0.4) is 0 Å². The first-order chi connectivity index (χ1) is 9.12. The monoisotopic (exact) mass is 320 g/mol. The minimum absolute atomic E-state index is 0. The maximum atomic E-state index is 12.1. The number of ether oxygens (including phenoxy) is 1. The first kappa shape index (κ1) is 17.2. The number of hydrogen-bond acceptors (Lipinski definition) is 4. The molecule has 1 fully saturated rings. The first-order valence-electron chi connectivity index (χ1n) is 6.46. The Morgan fingerprint density at radius 2 is 2.05 bits per heavy atom. The molecule has 20 heavy (non-hydrogen) atoms. The van der Waals surface area contributed by atoms with Gasteiger partial charge in [-0.2, -0.15) is 0 Å². The maximum absolute atomic E-state index is 12.1. The molecule has 1 aliphatic heterocycles. The normalized spacial score (nSPS) is 19.1. The number of piperidine rings is 1. The summed E-state index contributed by atoms with van der Waals surface area (Å²) in [4.78, 5) is 0.275. The minimum Gasteiger partial charge on any atom is -0.497 e. The third-order valence-electron chi connectivity index (χ3n) is 3.33. The molecule has 2 rings (SSSR count). The summed E-state index contributed by atoms with van der Waals surface area (Å²) < 4.78 is 31.9. The van der Waals surface area contributed by atoms with Crippen molar-refractivity contribution in [1.29, 1.82) is 0 Å². The van der Waals surface area contributed by atoms with E-state index in [4.69, 9.17) is 4.74 Å². The second-order valence-electron chi connectivity index (χ2n) is 4.74. The van der Waals surface area contributed by atoms with Gasteiger partial charge >= 0.3 is 0 Å². The van der Waals surface area contributed by atoms with E-state index in [1.165, 1.54) is 0 Å². The van der Waals surface area contributed by atoms with Crippen LogP contribution in [0.2, 0.25) is 0 Å². The van der Waals surface area contributed by atoms with E-state index in [-0.39, 0.29) is 17.3 Å². The van der Waals surface area contributed by atoms with Crippen molar-refractivity contribution in [3.05, 3.63) is 24.3 Å². The Bertz CT molecular complexity index is 499. The number of halogens is 1. The van der Waals surface area contributed by atoms with Crippen molar-refractivity contribution < 1.29 is 13.2 Å². The van der Waals surface area contributed by atoms with Gasteiger partial charge < -0.3 is 10.1 Å². The molecule has 5 nitrogen and oxygen atoms in total. The molecule has 1 unspecified atom stereocenters. The third-order valence-corrected chi connectivity index (χ3v) is 4.77. The second kappa shape index (κ2) is 7.83. The Morgan fingerprint density at radius 3 is 2.60 bits per heavy atom. The predicted octanol–water partition coefficient (Wildman–Crippen LogP) is 1.39. The van der Waals surface area contributed by atoms with Gasteiger partial charge in [-0.05, 0) is 56.1 Å². The molecule has 2 N–H and O–H groups in total. The molecule has 1 heterocycles. The van der Waals surface area contributed by atoms with Crippen molar-refractivity contribution in [1.82, 2.24) is 10.0 Å². The molecule has 0 spiro atoms. The molecule has 1 aromatic rings. The fraction of sp³-hybridized carbons (Fsp3) is 0.538. The molecular weight excluding hydrogens is 300 g/mol. The van der Waals surface area contributed by atoms with Crippen LogP contribution in [0.4, 0.5) is 0 Å². The minimum atomic E-state index is -3.42. The second-order valence-corrected chi connectivity index (χ2v) is 6.51. The van der Waals surface area contributed by atoms with E-state index in [1.54, 1.807) is 31.4 Å². The average molecular weight is 321 g/mol. The number of hydrogen-bond donors (Lipinski definition) is 2. The summed E-state index contributed by atoms with van der Waals surface area (Å²) in [6.45, 7) is 2.40. The van der Waals surface area contributed by atoms with Crippen LogP contribution in [-0.4, -0.2) is 35.2 Å². The standard InChI is InChI=1S/C13H20N2O3S.ClH/c1-18-12-4-6-13(7-5-12)19(16,17)15-10-11-3-2-8-14-9-11;/h4-7,11,14-15H,2-3,8-10H2,1H3;1H. The highest BCUT2D eigenvalue weighted by atomic mass is 35.5. The van der Waals surface area contributed by atoms with Crippen LogP contribution in [0.1, 0.15) is 12.8 Å². The molecule has 1 saturated heterocycles. The van der Waals surface area contributed by atoms with Crippen molar-refractivity contribution in [2.45, 2.75) is 17.7 Å². The van der Waals surface area contributed by atoms with Gasteiger partial charge in [-0.3, -0.25) is 0 Å². The molecule has 0 amide bonds. The van der Waals surface area contributed by atoms with E-state index < -0.39 is 10.0 Å². The predicted molar refractivity (Wildman–Crippen MR) is 81.0 cm³/mol. The lowest BCUT2D eigenvalue weighted by Gasteiger charge is -2.22. The zero-order valence-corrected chi connectivity index (χ0v) is 13.1. The summed E-state index contributed by atoms with van der Waals surface area (Å²) in [5, 5.41) is 3.27. The highest BCUT2D eigenvalue weighted by molar-refractivity contribution is 7.89. The van der Waals surface area contributed by atoms with Gasteiger partial charge in [0.05, 0.1) is 12.0 Å². The Hall–Kier alpha value is -0.820. The van der Waals surface area contributed by atoms with Crippen LogP contribution < -0.4 is 14.8 Å². The van der Waals surface area contributed by atoms with E-state index in [0.717, 1.165) is 25.9 Å². The lowest BCUT2D eigenvalue weighted by Crippen LogP contribution is -2.38. The highest BCUT2D eigenvalue weighted by Crippen LogP contribution is 2.16. The van der Waals surface area contributed by atoms with E-state index in [2.05, 4.69) is 10.0 Å². The number of rotatable bonds is 5. The summed E-state index contributed by atoms with van der Waals surface area (Å²) in [5.41, 5.74) is 0. The van der Waals surface area contributed by atoms with Crippen LogP contribution in [0, 0.1) is 5.92 Å². The summed E-state index contributed by atoms with van der Waals surface area (Å²) in [6.07, 6.45) is 2.17. The number of benzene rings is 1. The fourth-order valence-electron chi connectivity index (χ4n) is 2.16. The maximum Gasteiger partial charge on any atom is 0.240 e.